The summed E-state index contributed by atoms with van der Waals surface area (Å²) in [5.41, 5.74) is 1.86. The second kappa shape index (κ2) is 10.4. The molecule has 12 heteroatoms. The van der Waals surface area contributed by atoms with Crippen molar-refractivity contribution in [2.24, 2.45) is 0 Å². The number of hydrogen-bond acceptors (Lipinski definition) is 9. The summed E-state index contributed by atoms with van der Waals surface area (Å²) in [5, 5.41) is 17.6. The summed E-state index contributed by atoms with van der Waals surface area (Å²) in [4.78, 5) is 36.1. The minimum Gasteiger partial charge on any atom is -0.443 e. The quantitative estimate of drug-likeness (QED) is 0.365. The monoisotopic (exact) mass is 509 g/mol. The molecule has 0 unspecified atom stereocenters. The molecule has 3 N–H and O–H groups in total. The SMILES string of the molecule is CN(C(=O)OC(C)(C)C)c1cc(Nc2cccc3ocnc23)nc2c(C(=O)NC3CCC3)cnn12.CO. The van der Waals surface area contributed by atoms with Crippen LogP contribution in [-0.4, -0.2) is 62.5 Å². The van der Waals surface area contributed by atoms with E-state index in [1.54, 1.807) is 33.9 Å². The first-order chi connectivity index (χ1) is 17.7. The molecule has 1 aliphatic carbocycles. The van der Waals surface area contributed by atoms with Crippen molar-refractivity contribution in [1.29, 1.82) is 0 Å². The zero-order valence-corrected chi connectivity index (χ0v) is 21.5. The zero-order valence-electron chi connectivity index (χ0n) is 21.5. The fraction of sp³-hybridized carbons (Fsp3) is 0.400. The first-order valence-electron chi connectivity index (χ1n) is 11.9. The molecule has 0 bridgehead atoms. The van der Waals surface area contributed by atoms with Crippen LogP contribution >= 0.6 is 0 Å². The Morgan fingerprint density at radius 1 is 1.24 bits per heavy atom. The van der Waals surface area contributed by atoms with E-state index in [1.165, 1.54) is 22.0 Å². The smallest absolute Gasteiger partial charge is 0.415 e. The van der Waals surface area contributed by atoms with Crippen molar-refractivity contribution in [3.63, 3.8) is 0 Å². The number of aliphatic hydroxyl groups excluding tert-OH is 1. The number of rotatable bonds is 5. The van der Waals surface area contributed by atoms with E-state index in [0.717, 1.165) is 26.4 Å². The van der Waals surface area contributed by atoms with Gasteiger partial charge in [-0.05, 0) is 52.2 Å². The third kappa shape index (κ3) is 5.48. The topological polar surface area (TPSA) is 147 Å². The predicted molar refractivity (Wildman–Crippen MR) is 138 cm³/mol. The maximum Gasteiger partial charge on any atom is 0.415 e. The largest absolute Gasteiger partial charge is 0.443 e. The number of nitrogens with zero attached hydrogens (tertiary/aromatic N) is 5. The molecule has 0 aliphatic heterocycles. The van der Waals surface area contributed by atoms with Crippen LogP contribution < -0.4 is 15.5 Å². The van der Waals surface area contributed by atoms with E-state index in [0.29, 0.717) is 39.6 Å². The number of anilines is 3. The van der Waals surface area contributed by atoms with Gasteiger partial charge in [0.1, 0.15) is 28.3 Å². The van der Waals surface area contributed by atoms with E-state index >= 15 is 0 Å². The Hall–Kier alpha value is -4.19. The van der Waals surface area contributed by atoms with Crippen LogP contribution in [0.25, 0.3) is 16.7 Å². The molecule has 4 aromatic rings. The summed E-state index contributed by atoms with van der Waals surface area (Å²) in [6.45, 7) is 5.38. The molecule has 12 nitrogen and oxygen atoms in total. The van der Waals surface area contributed by atoms with Gasteiger partial charge in [-0.15, -0.1) is 0 Å². The van der Waals surface area contributed by atoms with Gasteiger partial charge in [0.05, 0.1) is 11.9 Å². The van der Waals surface area contributed by atoms with Crippen LogP contribution in [0.4, 0.5) is 22.1 Å². The molecule has 5 rings (SSSR count). The first kappa shape index (κ1) is 25.9. The van der Waals surface area contributed by atoms with E-state index in [1.807, 2.05) is 18.2 Å². The van der Waals surface area contributed by atoms with Gasteiger partial charge in [-0.25, -0.2) is 14.8 Å². The van der Waals surface area contributed by atoms with Crippen LogP contribution in [0, 0.1) is 0 Å². The molecule has 1 aromatic carbocycles. The number of fused-ring (bicyclic) bond motifs is 2. The van der Waals surface area contributed by atoms with Crippen LogP contribution in [0.2, 0.25) is 0 Å². The highest BCUT2D eigenvalue weighted by Crippen LogP contribution is 2.29. The normalized spacial score (nSPS) is 13.5. The molecule has 0 atom stereocenters. The van der Waals surface area contributed by atoms with E-state index in [-0.39, 0.29) is 11.9 Å². The van der Waals surface area contributed by atoms with Gasteiger partial charge in [-0.2, -0.15) is 9.61 Å². The van der Waals surface area contributed by atoms with Crippen molar-refractivity contribution in [2.75, 3.05) is 24.4 Å². The van der Waals surface area contributed by atoms with Crippen LogP contribution in [0.15, 0.2) is 41.3 Å². The standard InChI is InChI=1S/C24H27N7O4.CH4O/c1-24(2,3)35-23(33)30(4)19-11-18(28-16-9-6-10-17-20(16)25-13-34-17)29-21-15(12-26-31(19)21)22(32)27-14-7-5-8-14;1-2/h6,9-14H,5,7-8H2,1-4H3,(H,27,32)(H,28,29);2H,1H3. The maximum atomic E-state index is 13.0. The lowest BCUT2D eigenvalue weighted by atomic mass is 9.93. The lowest BCUT2D eigenvalue weighted by molar-refractivity contribution is 0.0587. The van der Waals surface area contributed by atoms with Crippen LogP contribution in [0.1, 0.15) is 50.4 Å². The van der Waals surface area contributed by atoms with Gasteiger partial charge in [-0.3, -0.25) is 9.69 Å². The third-order valence-electron chi connectivity index (χ3n) is 5.77. The van der Waals surface area contributed by atoms with Gasteiger partial charge in [0.15, 0.2) is 17.6 Å². The number of oxazole rings is 1. The van der Waals surface area contributed by atoms with Crippen molar-refractivity contribution in [3.8, 4) is 0 Å². The van der Waals surface area contributed by atoms with Crippen LogP contribution in [-0.2, 0) is 4.74 Å². The van der Waals surface area contributed by atoms with Gasteiger partial charge < -0.3 is 24.9 Å². The maximum absolute atomic E-state index is 13.0. The van der Waals surface area contributed by atoms with E-state index in [9.17, 15) is 9.59 Å². The number of benzene rings is 1. The third-order valence-corrected chi connectivity index (χ3v) is 5.77. The fourth-order valence-corrected chi connectivity index (χ4v) is 3.78. The second-order valence-corrected chi connectivity index (χ2v) is 9.56. The average Bonchev–Trinajstić information content (AvgIpc) is 3.48. The number of nitrogens with one attached hydrogen (secondary N) is 2. The highest BCUT2D eigenvalue weighted by Gasteiger charge is 2.27. The molecular formula is C25H31N7O5. The zero-order chi connectivity index (χ0) is 26.7. The number of amides is 2. The van der Waals surface area contributed by atoms with Crippen LogP contribution in [0.3, 0.4) is 0 Å². The molecule has 196 valence electrons. The molecule has 2 amide bonds. The Morgan fingerprint density at radius 2 is 2.00 bits per heavy atom. The van der Waals surface area contributed by atoms with Gasteiger partial charge in [-0.1, -0.05) is 6.07 Å². The molecule has 37 heavy (non-hydrogen) atoms. The minimum atomic E-state index is -0.681. The summed E-state index contributed by atoms with van der Waals surface area (Å²) in [6.07, 6.45) is 5.29. The number of aliphatic hydroxyl groups is 1. The Kier molecular flexibility index (Phi) is 7.30. The Morgan fingerprint density at radius 3 is 2.68 bits per heavy atom. The molecule has 0 saturated heterocycles. The highest BCUT2D eigenvalue weighted by molar-refractivity contribution is 6.01. The summed E-state index contributed by atoms with van der Waals surface area (Å²) in [6, 6.07) is 7.31. The van der Waals surface area contributed by atoms with Crippen molar-refractivity contribution in [2.45, 2.75) is 51.7 Å². The van der Waals surface area contributed by atoms with Crippen molar-refractivity contribution in [3.05, 3.63) is 42.4 Å². The number of hydrogen-bond donors (Lipinski definition) is 3. The fourth-order valence-electron chi connectivity index (χ4n) is 3.78. The molecule has 0 radical (unpaired) electrons. The van der Waals surface area contributed by atoms with Gasteiger partial charge in [0.25, 0.3) is 5.91 Å². The molecule has 3 heterocycles. The molecule has 1 saturated carbocycles. The molecular weight excluding hydrogens is 478 g/mol. The number of carbonyl (C=O) groups excluding carboxylic acids is 2. The van der Waals surface area contributed by atoms with Gasteiger partial charge in [0.2, 0.25) is 0 Å². The number of ether oxygens (including phenoxy) is 1. The molecule has 3 aromatic heterocycles. The number of carbonyl (C=O) groups is 2. The summed E-state index contributed by atoms with van der Waals surface area (Å²) < 4.78 is 12.4. The van der Waals surface area contributed by atoms with Crippen molar-refractivity contribution in [1.82, 2.24) is 24.9 Å². The Balaban J connectivity index is 0.00000156. The molecule has 1 fully saturated rings. The van der Waals surface area contributed by atoms with Crippen molar-refractivity contribution >= 4 is 46.1 Å². The van der Waals surface area contributed by atoms with Gasteiger partial charge in [0, 0.05) is 26.3 Å². The van der Waals surface area contributed by atoms with E-state index in [4.69, 9.17) is 14.3 Å². The lowest BCUT2D eigenvalue weighted by Crippen LogP contribution is -2.39. The van der Waals surface area contributed by atoms with Gasteiger partial charge >= 0.3 is 6.09 Å². The number of para-hydroxylation sites is 1. The second-order valence-electron chi connectivity index (χ2n) is 9.56. The van der Waals surface area contributed by atoms with Crippen molar-refractivity contribution < 1.29 is 23.8 Å². The molecule has 1 aliphatic rings. The summed E-state index contributed by atoms with van der Waals surface area (Å²) >= 11 is 0. The average molecular weight is 510 g/mol. The first-order valence-corrected chi connectivity index (χ1v) is 11.9. The highest BCUT2D eigenvalue weighted by atomic mass is 16.6. The predicted octanol–water partition coefficient (Wildman–Crippen LogP) is 3.88. The van der Waals surface area contributed by atoms with Crippen LogP contribution in [0.5, 0.6) is 0 Å². The number of aromatic nitrogens is 4. The molecule has 0 spiro atoms. The van der Waals surface area contributed by atoms with E-state index < -0.39 is 11.7 Å². The van der Waals surface area contributed by atoms with E-state index in [2.05, 4.69) is 25.7 Å². The Labute approximate surface area is 213 Å². The summed E-state index contributed by atoms with van der Waals surface area (Å²) in [7, 11) is 2.58. The summed E-state index contributed by atoms with van der Waals surface area (Å²) in [5.74, 6) is 0.525. The Bertz CT molecular complexity index is 1420. The minimum absolute atomic E-state index is 0.160. The lowest BCUT2D eigenvalue weighted by Gasteiger charge is -2.26.